The van der Waals surface area contributed by atoms with Gasteiger partial charge in [-0.2, -0.15) is 0 Å². The Hall–Kier alpha value is -2.86. The molecule has 156 valence electrons. The first-order valence-corrected chi connectivity index (χ1v) is 10.7. The molecule has 6 nitrogen and oxygen atoms in total. The van der Waals surface area contributed by atoms with Crippen molar-refractivity contribution in [2.75, 3.05) is 5.32 Å². The summed E-state index contributed by atoms with van der Waals surface area (Å²) in [5, 5.41) is 6.95. The lowest BCUT2D eigenvalue weighted by Crippen LogP contribution is -2.36. The zero-order valence-corrected chi connectivity index (χ0v) is 17.7. The zero-order valence-electron chi connectivity index (χ0n) is 17.0. The molecule has 0 bridgehead atoms. The van der Waals surface area contributed by atoms with E-state index < -0.39 is 0 Å². The monoisotopic (exact) mass is 424 g/mol. The number of hydrogen-bond acceptors (Lipinski definition) is 4. The Labute approximate surface area is 180 Å². The van der Waals surface area contributed by atoms with Crippen LogP contribution in [-0.2, 0) is 6.54 Å². The molecular formula is C23H25ClN4O2. The average molecular weight is 425 g/mol. The Bertz CT molecular complexity index is 1140. The summed E-state index contributed by atoms with van der Waals surface area (Å²) >= 11 is 5.95. The number of rotatable bonds is 5. The van der Waals surface area contributed by atoms with Gasteiger partial charge in [0.2, 0.25) is 0 Å². The van der Waals surface area contributed by atoms with Crippen LogP contribution in [0.4, 0.5) is 5.69 Å². The normalized spacial score (nSPS) is 14.6. The zero-order chi connectivity index (χ0) is 21.1. The van der Waals surface area contributed by atoms with Gasteiger partial charge in [0, 0.05) is 29.6 Å². The maximum atomic E-state index is 12.6. The maximum Gasteiger partial charge on any atom is 0.258 e. The van der Waals surface area contributed by atoms with E-state index in [1.165, 1.54) is 29.7 Å². The molecule has 2 heterocycles. The molecule has 0 atom stereocenters. The lowest BCUT2D eigenvalue weighted by Gasteiger charge is -2.23. The van der Waals surface area contributed by atoms with Crippen molar-refractivity contribution in [3.8, 4) is 0 Å². The molecule has 0 spiro atoms. The molecule has 3 aromatic rings. The van der Waals surface area contributed by atoms with Crippen molar-refractivity contribution < 1.29 is 4.79 Å². The van der Waals surface area contributed by atoms with Gasteiger partial charge in [-0.05, 0) is 55.7 Å². The molecule has 0 unspecified atom stereocenters. The molecule has 2 N–H and O–H groups in total. The number of nitrogens with zero attached hydrogens (tertiary/aromatic N) is 2. The minimum absolute atomic E-state index is 0.0144. The van der Waals surface area contributed by atoms with Crippen molar-refractivity contribution in [2.45, 2.75) is 51.6 Å². The van der Waals surface area contributed by atoms with Crippen molar-refractivity contribution in [2.24, 2.45) is 0 Å². The van der Waals surface area contributed by atoms with Gasteiger partial charge < -0.3 is 10.6 Å². The van der Waals surface area contributed by atoms with Crippen LogP contribution >= 0.6 is 11.6 Å². The van der Waals surface area contributed by atoms with Crippen LogP contribution in [0, 0.1) is 6.92 Å². The lowest BCUT2D eigenvalue weighted by molar-refractivity contribution is 0.0927. The van der Waals surface area contributed by atoms with E-state index in [-0.39, 0.29) is 17.5 Å². The molecule has 1 saturated carbocycles. The molecule has 2 aromatic heterocycles. The number of nitrogens with one attached hydrogen (secondary N) is 2. The Morgan fingerprint density at radius 2 is 1.97 bits per heavy atom. The van der Waals surface area contributed by atoms with E-state index in [1.807, 2.05) is 25.1 Å². The molecule has 30 heavy (non-hydrogen) atoms. The van der Waals surface area contributed by atoms with Gasteiger partial charge in [-0.3, -0.25) is 14.0 Å². The summed E-state index contributed by atoms with van der Waals surface area (Å²) in [7, 11) is 0. The fourth-order valence-electron chi connectivity index (χ4n) is 3.92. The van der Waals surface area contributed by atoms with Gasteiger partial charge in [-0.1, -0.05) is 30.9 Å². The smallest absolute Gasteiger partial charge is 0.258 e. The number of pyridine rings is 1. The first-order chi connectivity index (χ1) is 14.5. The number of halogens is 1. The predicted octanol–water partition coefficient (Wildman–Crippen LogP) is 4.33. The maximum absolute atomic E-state index is 12.6. The molecule has 7 heteroatoms. The Balaban J connectivity index is 1.44. The van der Waals surface area contributed by atoms with Crippen molar-refractivity contribution in [1.29, 1.82) is 0 Å². The number of benzene rings is 1. The van der Waals surface area contributed by atoms with Gasteiger partial charge in [0.05, 0.1) is 17.3 Å². The van der Waals surface area contributed by atoms with Crippen LogP contribution in [0.15, 0.2) is 47.4 Å². The third kappa shape index (κ3) is 4.65. The predicted molar refractivity (Wildman–Crippen MR) is 119 cm³/mol. The van der Waals surface area contributed by atoms with Gasteiger partial charge >= 0.3 is 0 Å². The van der Waals surface area contributed by atoms with E-state index in [9.17, 15) is 9.59 Å². The average Bonchev–Trinajstić information content (AvgIpc) is 2.74. The van der Waals surface area contributed by atoms with Crippen LogP contribution < -0.4 is 16.2 Å². The fraction of sp³-hybridized carbons (Fsp3) is 0.348. The summed E-state index contributed by atoms with van der Waals surface area (Å²) in [6.07, 6.45) is 7.33. The second kappa shape index (κ2) is 8.88. The third-order valence-electron chi connectivity index (χ3n) is 5.57. The van der Waals surface area contributed by atoms with E-state index in [4.69, 9.17) is 11.6 Å². The van der Waals surface area contributed by atoms with E-state index in [0.29, 0.717) is 28.5 Å². The summed E-state index contributed by atoms with van der Waals surface area (Å²) in [5.41, 5.74) is 3.56. The molecule has 0 aliphatic heterocycles. The standard InChI is InChI=1S/C23H25ClN4O2/c1-15-11-16(23(30)27-18-5-3-2-4-6-18)7-9-20(15)25-13-19-12-22(29)28-14-17(24)8-10-21(28)26-19/h7-12,14,18,25H,2-6,13H2,1H3,(H,27,30). The first kappa shape index (κ1) is 20.4. The van der Waals surface area contributed by atoms with Crippen LogP contribution in [0.1, 0.15) is 53.7 Å². The molecule has 1 aliphatic rings. The summed E-state index contributed by atoms with van der Waals surface area (Å²) in [6.45, 7) is 2.37. The highest BCUT2D eigenvalue weighted by Crippen LogP contribution is 2.20. The number of fused-ring (bicyclic) bond motifs is 1. The number of carbonyl (C=O) groups is 1. The number of carbonyl (C=O) groups excluding carboxylic acids is 1. The van der Waals surface area contributed by atoms with Crippen LogP contribution in [0.2, 0.25) is 5.02 Å². The van der Waals surface area contributed by atoms with Crippen molar-refractivity contribution in [3.05, 3.63) is 74.8 Å². The number of amides is 1. The minimum Gasteiger partial charge on any atom is -0.379 e. The summed E-state index contributed by atoms with van der Waals surface area (Å²) in [5.74, 6) is -0.0144. The SMILES string of the molecule is Cc1cc(C(=O)NC2CCCCC2)ccc1NCc1cc(=O)n2cc(Cl)ccc2n1. The largest absolute Gasteiger partial charge is 0.379 e. The first-order valence-electron chi connectivity index (χ1n) is 10.3. The van der Waals surface area contributed by atoms with Crippen LogP contribution in [0.3, 0.4) is 0 Å². The van der Waals surface area contributed by atoms with E-state index in [0.717, 1.165) is 24.1 Å². The van der Waals surface area contributed by atoms with E-state index in [1.54, 1.807) is 18.3 Å². The van der Waals surface area contributed by atoms with Crippen molar-refractivity contribution in [3.63, 3.8) is 0 Å². The summed E-state index contributed by atoms with van der Waals surface area (Å²) < 4.78 is 1.43. The Kier molecular flexibility index (Phi) is 6.04. The van der Waals surface area contributed by atoms with Gasteiger partial charge in [0.15, 0.2) is 0 Å². The van der Waals surface area contributed by atoms with E-state index >= 15 is 0 Å². The highest BCUT2D eigenvalue weighted by atomic mass is 35.5. The van der Waals surface area contributed by atoms with Crippen LogP contribution in [0.25, 0.3) is 5.65 Å². The molecule has 1 aliphatic carbocycles. The van der Waals surface area contributed by atoms with Gasteiger partial charge in [0.25, 0.3) is 11.5 Å². The van der Waals surface area contributed by atoms with Gasteiger partial charge in [-0.25, -0.2) is 4.98 Å². The second-order valence-corrected chi connectivity index (χ2v) is 8.29. The quantitative estimate of drug-likeness (QED) is 0.639. The van der Waals surface area contributed by atoms with Gasteiger partial charge in [0.1, 0.15) is 5.65 Å². The minimum atomic E-state index is -0.175. The van der Waals surface area contributed by atoms with Crippen LogP contribution in [0.5, 0.6) is 0 Å². The number of aryl methyl sites for hydroxylation is 1. The van der Waals surface area contributed by atoms with Crippen LogP contribution in [-0.4, -0.2) is 21.3 Å². The number of hydrogen-bond donors (Lipinski definition) is 2. The van der Waals surface area contributed by atoms with E-state index in [2.05, 4.69) is 15.6 Å². The van der Waals surface area contributed by atoms with Crippen molar-refractivity contribution in [1.82, 2.24) is 14.7 Å². The van der Waals surface area contributed by atoms with Gasteiger partial charge in [-0.15, -0.1) is 0 Å². The fourth-order valence-corrected chi connectivity index (χ4v) is 4.08. The van der Waals surface area contributed by atoms with Crippen molar-refractivity contribution >= 4 is 28.8 Å². The summed E-state index contributed by atoms with van der Waals surface area (Å²) in [4.78, 5) is 29.4. The summed E-state index contributed by atoms with van der Waals surface area (Å²) in [6, 6.07) is 10.8. The number of aromatic nitrogens is 2. The molecular weight excluding hydrogens is 400 g/mol. The molecule has 0 radical (unpaired) electrons. The topological polar surface area (TPSA) is 75.5 Å². The Morgan fingerprint density at radius 1 is 1.17 bits per heavy atom. The molecule has 4 rings (SSSR count). The molecule has 1 aromatic carbocycles. The lowest BCUT2D eigenvalue weighted by atomic mass is 9.95. The molecule has 1 fully saturated rings. The molecule has 0 saturated heterocycles. The third-order valence-corrected chi connectivity index (χ3v) is 5.79. The molecule has 1 amide bonds. The highest BCUT2D eigenvalue weighted by Gasteiger charge is 2.17. The number of anilines is 1. The second-order valence-electron chi connectivity index (χ2n) is 7.85. The highest BCUT2D eigenvalue weighted by molar-refractivity contribution is 6.30. The Morgan fingerprint density at radius 3 is 2.73 bits per heavy atom.